The molecule has 4 rings (SSSR count). The number of para-hydroxylation sites is 1. The molecule has 0 saturated heterocycles. The van der Waals surface area contributed by atoms with Crippen molar-refractivity contribution in [2.24, 2.45) is 0 Å². The van der Waals surface area contributed by atoms with Crippen LogP contribution in [0.5, 0.6) is 0 Å². The highest BCUT2D eigenvalue weighted by Gasteiger charge is 2.23. The predicted octanol–water partition coefficient (Wildman–Crippen LogP) is 4.75. The summed E-state index contributed by atoms with van der Waals surface area (Å²) in [7, 11) is 0. The van der Waals surface area contributed by atoms with Crippen molar-refractivity contribution in [1.29, 1.82) is 0 Å². The highest BCUT2D eigenvalue weighted by atomic mass is 32.1. The average Bonchev–Trinajstić information content (AvgIpc) is 3.18. The standard InChI is InChI=1S/C21H16N4O3S/c1-14-5-2-9-18-19(14)23-21(29-18)24(13-15-6-4-10-22-12-15)20(26)16-7-3-8-17(11-16)25(27)28/h2-12H,13H2,1H3. The quantitative estimate of drug-likeness (QED) is 0.354. The van der Waals surface area contributed by atoms with Crippen LogP contribution in [0.25, 0.3) is 10.2 Å². The number of nitro benzene ring substituents is 1. The van der Waals surface area contributed by atoms with Crippen LogP contribution in [-0.4, -0.2) is 20.8 Å². The Kier molecular flexibility index (Phi) is 5.01. The van der Waals surface area contributed by atoms with Gasteiger partial charge in [-0.2, -0.15) is 0 Å². The van der Waals surface area contributed by atoms with Gasteiger partial charge in [-0.1, -0.05) is 35.6 Å². The van der Waals surface area contributed by atoms with E-state index < -0.39 is 4.92 Å². The number of benzene rings is 2. The first-order valence-corrected chi connectivity index (χ1v) is 9.66. The zero-order valence-electron chi connectivity index (χ0n) is 15.5. The second kappa shape index (κ2) is 7.76. The third-order valence-electron chi connectivity index (χ3n) is 4.45. The summed E-state index contributed by atoms with van der Waals surface area (Å²) in [6.45, 7) is 2.23. The molecule has 29 heavy (non-hydrogen) atoms. The molecule has 0 radical (unpaired) electrons. The van der Waals surface area contributed by atoms with Gasteiger partial charge in [-0.05, 0) is 36.2 Å². The molecule has 0 aliphatic rings. The van der Waals surface area contributed by atoms with E-state index in [2.05, 4.69) is 9.97 Å². The lowest BCUT2D eigenvalue weighted by Gasteiger charge is -2.20. The fourth-order valence-corrected chi connectivity index (χ4v) is 4.04. The maximum Gasteiger partial charge on any atom is 0.270 e. The SMILES string of the molecule is Cc1cccc2sc(N(Cc3cccnc3)C(=O)c3cccc([N+](=O)[O-])c3)nc12. The summed E-state index contributed by atoms with van der Waals surface area (Å²) in [6.07, 6.45) is 3.35. The van der Waals surface area contributed by atoms with E-state index in [0.717, 1.165) is 21.3 Å². The molecule has 144 valence electrons. The number of carbonyl (C=O) groups is 1. The highest BCUT2D eigenvalue weighted by molar-refractivity contribution is 7.22. The molecular formula is C21H16N4O3S. The van der Waals surface area contributed by atoms with Gasteiger partial charge < -0.3 is 0 Å². The first-order chi connectivity index (χ1) is 14.0. The minimum atomic E-state index is -0.511. The molecule has 0 aliphatic carbocycles. The number of anilines is 1. The van der Waals surface area contributed by atoms with Crippen molar-refractivity contribution in [3.05, 3.63) is 93.8 Å². The van der Waals surface area contributed by atoms with Gasteiger partial charge in [0, 0.05) is 30.1 Å². The largest absolute Gasteiger partial charge is 0.279 e. The lowest BCUT2D eigenvalue weighted by atomic mass is 10.1. The van der Waals surface area contributed by atoms with Crippen LogP contribution >= 0.6 is 11.3 Å². The molecule has 0 N–H and O–H groups in total. The zero-order valence-corrected chi connectivity index (χ0v) is 16.3. The van der Waals surface area contributed by atoms with E-state index >= 15 is 0 Å². The molecule has 2 aromatic carbocycles. The number of nitrogens with zero attached hydrogens (tertiary/aromatic N) is 4. The van der Waals surface area contributed by atoms with Crippen LogP contribution in [0.4, 0.5) is 10.8 Å². The van der Waals surface area contributed by atoms with Gasteiger partial charge in [0.25, 0.3) is 11.6 Å². The van der Waals surface area contributed by atoms with Gasteiger partial charge in [0.1, 0.15) is 0 Å². The first kappa shape index (κ1) is 18.7. The third kappa shape index (κ3) is 3.83. The van der Waals surface area contributed by atoms with Gasteiger partial charge >= 0.3 is 0 Å². The lowest BCUT2D eigenvalue weighted by Crippen LogP contribution is -2.30. The van der Waals surface area contributed by atoms with Crippen molar-refractivity contribution >= 4 is 38.3 Å². The minimum Gasteiger partial charge on any atom is -0.279 e. The van der Waals surface area contributed by atoms with Gasteiger partial charge in [0.2, 0.25) is 0 Å². The zero-order chi connectivity index (χ0) is 20.4. The smallest absolute Gasteiger partial charge is 0.270 e. The van der Waals surface area contributed by atoms with Gasteiger partial charge in [-0.15, -0.1) is 0 Å². The number of fused-ring (bicyclic) bond motifs is 1. The Morgan fingerprint density at radius 1 is 1.17 bits per heavy atom. The van der Waals surface area contributed by atoms with Crippen molar-refractivity contribution in [2.45, 2.75) is 13.5 Å². The number of carbonyl (C=O) groups excluding carboxylic acids is 1. The molecule has 0 atom stereocenters. The summed E-state index contributed by atoms with van der Waals surface area (Å²) in [6, 6.07) is 15.3. The van der Waals surface area contributed by atoms with Crippen LogP contribution in [0.2, 0.25) is 0 Å². The van der Waals surface area contributed by atoms with Gasteiger partial charge in [0.15, 0.2) is 5.13 Å². The number of hydrogen-bond acceptors (Lipinski definition) is 6. The number of rotatable bonds is 5. The van der Waals surface area contributed by atoms with E-state index in [0.29, 0.717) is 5.13 Å². The molecule has 7 nitrogen and oxygen atoms in total. The number of amides is 1. The van der Waals surface area contributed by atoms with E-state index in [-0.39, 0.29) is 23.7 Å². The summed E-state index contributed by atoms with van der Waals surface area (Å²) < 4.78 is 0.975. The summed E-state index contributed by atoms with van der Waals surface area (Å²) in [5.74, 6) is -0.353. The maximum atomic E-state index is 13.3. The molecule has 0 unspecified atom stereocenters. The Balaban J connectivity index is 1.79. The fraction of sp³-hybridized carbons (Fsp3) is 0.0952. The topological polar surface area (TPSA) is 89.2 Å². The lowest BCUT2D eigenvalue weighted by molar-refractivity contribution is -0.384. The summed E-state index contributed by atoms with van der Waals surface area (Å²) in [4.78, 5) is 34.3. The molecule has 2 aromatic heterocycles. The van der Waals surface area contributed by atoms with Crippen molar-refractivity contribution in [3.63, 3.8) is 0 Å². The summed E-state index contributed by atoms with van der Waals surface area (Å²) >= 11 is 1.41. The Labute approximate surface area is 170 Å². The van der Waals surface area contributed by atoms with Gasteiger partial charge in [-0.25, -0.2) is 4.98 Å². The van der Waals surface area contributed by atoms with Crippen LogP contribution in [-0.2, 0) is 6.54 Å². The monoisotopic (exact) mass is 404 g/mol. The second-order valence-corrected chi connectivity index (χ2v) is 7.49. The van der Waals surface area contributed by atoms with Crippen LogP contribution in [0.1, 0.15) is 21.5 Å². The Bertz CT molecular complexity index is 1210. The van der Waals surface area contributed by atoms with E-state index in [1.54, 1.807) is 29.4 Å². The van der Waals surface area contributed by atoms with Crippen LogP contribution in [0.15, 0.2) is 67.0 Å². The fourth-order valence-electron chi connectivity index (χ4n) is 3.00. The van der Waals surface area contributed by atoms with E-state index in [4.69, 9.17) is 0 Å². The van der Waals surface area contributed by atoms with E-state index in [9.17, 15) is 14.9 Å². The van der Waals surface area contributed by atoms with Crippen molar-refractivity contribution in [1.82, 2.24) is 9.97 Å². The normalized spacial score (nSPS) is 10.8. The molecular weight excluding hydrogens is 388 g/mol. The average molecular weight is 404 g/mol. The number of hydrogen-bond donors (Lipinski definition) is 0. The van der Waals surface area contributed by atoms with Crippen molar-refractivity contribution < 1.29 is 9.72 Å². The highest BCUT2D eigenvalue weighted by Crippen LogP contribution is 2.32. The predicted molar refractivity (Wildman–Crippen MR) is 112 cm³/mol. The molecule has 0 fully saturated rings. The molecule has 1 amide bonds. The number of nitro groups is 1. The minimum absolute atomic E-state index is 0.127. The Morgan fingerprint density at radius 3 is 2.72 bits per heavy atom. The first-order valence-electron chi connectivity index (χ1n) is 8.84. The maximum absolute atomic E-state index is 13.3. The Hall–Kier alpha value is -3.65. The van der Waals surface area contributed by atoms with Crippen LogP contribution < -0.4 is 4.90 Å². The molecule has 0 saturated carbocycles. The van der Waals surface area contributed by atoms with Crippen LogP contribution in [0, 0.1) is 17.0 Å². The molecule has 0 bridgehead atoms. The molecule has 8 heteroatoms. The number of non-ortho nitro benzene ring substituents is 1. The van der Waals surface area contributed by atoms with E-state index in [1.807, 2.05) is 31.2 Å². The molecule has 0 spiro atoms. The van der Waals surface area contributed by atoms with Gasteiger partial charge in [-0.3, -0.25) is 24.8 Å². The van der Waals surface area contributed by atoms with Crippen molar-refractivity contribution in [3.8, 4) is 0 Å². The number of thiazole rings is 1. The van der Waals surface area contributed by atoms with Crippen molar-refractivity contribution in [2.75, 3.05) is 4.90 Å². The molecule has 0 aliphatic heterocycles. The summed E-state index contributed by atoms with van der Waals surface area (Å²) in [5.41, 5.74) is 2.81. The third-order valence-corrected chi connectivity index (χ3v) is 5.50. The second-order valence-electron chi connectivity index (χ2n) is 6.48. The number of aromatic nitrogens is 2. The van der Waals surface area contributed by atoms with E-state index in [1.165, 1.54) is 29.5 Å². The number of pyridine rings is 1. The number of aryl methyl sites for hydroxylation is 1. The Morgan fingerprint density at radius 2 is 2.00 bits per heavy atom. The molecule has 2 heterocycles. The van der Waals surface area contributed by atoms with Crippen LogP contribution in [0.3, 0.4) is 0 Å². The molecule has 4 aromatic rings. The van der Waals surface area contributed by atoms with Gasteiger partial charge in [0.05, 0.1) is 21.7 Å². The summed E-state index contributed by atoms with van der Waals surface area (Å²) in [5, 5.41) is 11.7.